The summed E-state index contributed by atoms with van der Waals surface area (Å²) in [4.78, 5) is 28.3. The molecule has 1 aromatic rings. The fourth-order valence-electron chi connectivity index (χ4n) is 1.17. The van der Waals surface area contributed by atoms with Gasteiger partial charge in [-0.3, -0.25) is 9.59 Å². The minimum absolute atomic E-state index is 0.0971. The molecule has 1 aromatic heterocycles. The molecule has 0 aliphatic carbocycles. The third-order valence-electron chi connectivity index (χ3n) is 1.89. The van der Waals surface area contributed by atoms with Crippen LogP contribution in [0.2, 0.25) is 0 Å². The summed E-state index contributed by atoms with van der Waals surface area (Å²) in [6, 6.07) is 1.46. The van der Waals surface area contributed by atoms with Gasteiger partial charge in [-0.05, 0) is 12.8 Å². The second-order valence-electron chi connectivity index (χ2n) is 3.33. The van der Waals surface area contributed by atoms with E-state index in [-0.39, 0.29) is 11.3 Å². The summed E-state index contributed by atoms with van der Waals surface area (Å²) in [7, 11) is 0. The highest BCUT2D eigenvalue weighted by atomic mass is 32.2. The van der Waals surface area contributed by atoms with E-state index in [0.717, 1.165) is 36.7 Å². The van der Waals surface area contributed by atoms with Gasteiger partial charge in [-0.15, -0.1) is 0 Å². The number of hydrogen-bond acceptors (Lipinski definition) is 4. The average molecular weight is 242 g/mol. The van der Waals surface area contributed by atoms with E-state index >= 15 is 0 Å². The van der Waals surface area contributed by atoms with Crippen LogP contribution in [0.25, 0.3) is 0 Å². The van der Waals surface area contributed by atoms with Crippen molar-refractivity contribution in [1.82, 2.24) is 9.97 Å². The quantitative estimate of drug-likeness (QED) is 0.580. The maximum Gasteiger partial charge on any atom is 0.313 e. The molecule has 0 radical (unpaired) electrons. The van der Waals surface area contributed by atoms with Crippen molar-refractivity contribution < 1.29 is 9.90 Å². The summed E-state index contributed by atoms with van der Waals surface area (Å²) >= 11 is 1.02. The molecule has 0 spiro atoms. The maximum atomic E-state index is 11.3. The molecule has 5 nitrogen and oxygen atoms in total. The zero-order chi connectivity index (χ0) is 12.0. The molecule has 0 saturated heterocycles. The summed E-state index contributed by atoms with van der Waals surface area (Å²) in [5.41, 5.74) is 0.493. The van der Waals surface area contributed by atoms with Crippen LogP contribution in [0.1, 0.15) is 25.5 Å². The van der Waals surface area contributed by atoms with Gasteiger partial charge in [0.1, 0.15) is 0 Å². The molecular formula is C10H14N2O3S. The van der Waals surface area contributed by atoms with Crippen LogP contribution in [0.5, 0.6) is 0 Å². The highest BCUT2D eigenvalue weighted by Crippen LogP contribution is 2.11. The smallest absolute Gasteiger partial charge is 0.313 e. The van der Waals surface area contributed by atoms with Crippen LogP contribution in [0.3, 0.4) is 0 Å². The highest BCUT2D eigenvalue weighted by Gasteiger charge is 2.04. The van der Waals surface area contributed by atoms with Crippen molar-refractivity contribution in [3.63, 3.8) is 0 Å². The summed E-state index contributed by atoms with van der Waals surface area (Å²) < 4.78 is 0. The fourth-order valence-corrected chi connectivity index (χ4v) is 1.78. The predicted molar refractivity (Wildman–Crippen MR) is 61.8 cm³/mol. The Labute approximate surface area is 97.3 Å². The molecule has 0 unspecified atom stereocenters. The van der Waals surface area contributed by atoms with Gasteiger partial charge in [-0.1, -0.05) is 25.1 Å². The molecule has 1 rings (SSSR count). The lowest BCUT2D eigenvalue weighted by atomic mass is 10.2. The number of aryl methyl sites for hydroxylation is 1. The van der Waals surface area contributed by atoms with Crippen LogP contribution in [0.15, 0.2) is 16.0 Å². The van der Waals surface area contributed by atoms with Crippen molar-refractivity contribution in [1.29, 1.82) is 0 Å². The molecule has 2 N–H and O–H groups in total. The molecule has 0 bridgehead atoms. The van der Waals surface area contributed by atoms with Crippen LogP contribution in [0, 0.1) is 0 Å². The lowest BCUT2D eigenvalue weighted by Gasteiger charge is -2.01. The van der Waals surface area contributed by atoms with Gasteiger partial charge in [0.25, 0.3) is 5.56 Å². The molecule has 0 atom stereocenters. The number of thioether (sulfide) groups is 1. The molecule has 6 heteroatoms. The summed E-state index contributed by atoms with van der Waals surface area (Å²) in [6.07, 6.45) is 2.76. The van der Waals surface area contributed by atoms with Gasteiger partial charge in [-0.2, -0.15) is 0 Å². The van der Waals surface area contributed by atoms with Gasteiger partial charge < -0.3 is 10.1 Å². The maximum absolute atomic E-state index is 11.3. The van der Waals surface area contributed by atoms with E-state index < -0.39 is 5.97 Å². The highest BCUT2D eigenvalue weighted by molar-refractivity contribution is 7.99. The number of nitrogens with one attached hydrogen (secondary N) is 1. The number of carboxylic acid groups (broad SMARTS) is 1. The van der Waals surface area contributed by atoms with Gasteiger partial charge in [0.15, 0.2) is 5.16 Å². The predicted octanol–water partition coefficient (Wildman–Crippen LogP) is 1.29. The van der Waals surface area contributed by atoms with E-state index in [9.17, 15) is 9.59 Å². The Bertz CT molecular complexity index is 417. The lowest BCUT2D eigenvalue weighted by Crippen LogP contribution is -2.11. The van der Waals surface area contributed by atoms with E-state index in [1.54, 1.807) is 0 Å². The number of aliphatic carboxylic acids is 1. The first-order chi connectivity index (χ1) is 7.61. The van der Waals surface area contributed by atoms with Crippen LogP contribution >= 0.6 is 11.8 Å². The van der Waals surface area contributed by atoms with Crippen molar-refractivity contribution in [2.75, 3.05) is 5.75 Å². The fraction of sp³-hybridized carbons (Fsp3) is 0.500. The number of aromatic nitrogens is 2. The Morgan fingerprint density at radius 2 is 2.38 bits per heavy atom. The monoisotopic (exact) mass is 242 g/mol. The molecular weight excluding hydrogens is 228 g/mol. The number of unbranched alkanes of at least 4 members (excludes halogenated alkanes) is 1. The Morgan fingerprint density at radius 3 is 3.00 bits per heavy atom. The van der Waals surface area contributed by atoms with Crippen molar-refractivity contribution in [2.24, 2.45) is 0 Å². The topological polar surface area (TPSA) is 83.0 Å². The number of H-pyrrole nitrogens is 1. The van der Waals surface area contributed by atoms with E-state index in [2.05, 4.69) is 16.9 Å². The lowest BCUT2D eigenvalue weighted by molar-refractivity contribution is -0.133. The number of rotatable bonds is 6. The van der Waals surface area contributed by atoms with Crippen molar-refractivity contribution in [2.45, 2.75) is 31.3 Å². The molecule has 88 valence electrons. The van der Waals surface area contributed by atoms with Gasteiger partial charge in [0.2, 0.25) is 0 Å². The Kier molecular flexibility index (Phi) is 5.04. The number of carbonyl (C=O) groups is 1. The van der Waals surface area contributed by atoms with E-state index in [1.807, 2.05) is 0 Å². The standard InChI is InChI=1S/C10H14N2O3S/c1-2-3-4-7-5-8(13)12-10(11-7)16-6-9(14)15/h5H,2-4,6H2,1H3,(H,14,15)(H,11,12,13). The van der Waals surface area contributed by atoms with Gasteiger partial charge >= 0.3 is 5.97 Å². The molecule has 0 saturated carbocycles. The molecule has 0 aliphatic rings. The molecule has 16 heavy (non-hydrogen) atoms. The number of aromatic amines is 1. The zero-order valence-electron chi connectivity index (χ0n) is 9.02. The van der Waals surface area contributed by atoms with E-state index in [1.165, 1.54) is 6.07 Å². The molecule has 1 heterocycles. The first-order valence-electron chi connectivity index (χ1n) is 5.06. The summed E-state index contributed by atoms with van der Waals surface area (Å²) in [6.45, 7) is 2.06. The zero-order valence-corrected chi connectivity index (χ0v) is 9.84. The van der Waals surface area contributed by atoms with Gasteiger partial charge in [-0.25, -0.2) is 4.98 Å². The molecule has 0 aliphatic heterocycles. The Morgan fingerprint density at radius 1 is 1.62 bits per heavy atom. The second kappa shape index (κ2) is 6.32. The van der Waals surface area contributed by atoms with Crippen molar-refractivity contribution >= 4 is 17.7 Å². The number of carboxylic acids is 1. The summed E-state index contributed by atoms with van der Waals surface area (Å²) in [5.74, 6) is -1.02. The van der Waals surface area contributed by atoms with E-state index in [0.29, 0.717) is 5.16 Å². The van der Waals surface area contributed by atoms with E-state index in [4.69, 9.17) is 5.11 Å². The van der Waals surface area contributed by atoms with Gasteiger partial charge in [0, 0.05) is 11.8 Å². The first kappa shape index (κ1) is 12.8. The molecule has 0 aromatic carbocycles. The summed E-state index contributed by atoms with van der Waals surface area (Å²) in [5, 5.41) is 8.89. The van der Waals surface area contributed by atoms with Crippen LogP contribution in [-0.2, 0) is 11.2 Å². The Balaban J connectivity index is 2.73. The second-order valence-corrected chi connectivity index (χ2v) is 4.29. The average Bonchev–Trinajstić information content (AvgIpc) is 2.23. The minimum Gasteiger partial charge on any atom is -0.481 e. The normalized spacial score (nSPS) is 10.3. The van der Waals surface area contributed by atoms with Crippen LogP contribution in [-0.4, -0.2) is 26.8 Å². The third kappa shape index (κ3) is 4.48. The molecule has 0 amide bonds. The third-order valence-corrected chi connectivity index (χ3v) is 2.75. The molecule has 0 fully saturated rings. The van der Waals surface area contributed by atoms with Crippen LogP contribution in [0.4, 0.5) is 0 Å². The number of hydrogen-bond donors (Lipinski definition) is 2. The van der Waals surface area contributed by atoms with Crippen molar-refractivity contribution in [3.05, 3.63) is 22.1 Å². The minimum atomic E-state index is -0.924. The van der Waals surface area contributed by atoms with Gasteiger partial charge in [0.05, 0.1) is 5.75 Å². The van der Waals surface area contributed by atoms with Crippen molar-refractivity contribution in [3.8, 4) is 0 Å². The largest absolute Gasteiger partial charge is 0.481 e. The number of nitrogens with zero attached hydrogens (tertiary/aromatic N) is 1. The van der Waals surface area contributed by atoms with Crippen LogP contribution < -0.4 is 5.56 Å². The SMILES string of the molecule is CCCCc1cc(=O)[nH]c(SCC(=O)O)n1. The first-order valence-corrected chi connectivity index (χ1v) is 6.05. The Hall–Kier alpha value is -1.30.